The van der Waals surface area contributed by atoms with E-state index in [0.29, 0.717) is 5.54 Å². The Morgan fingerprint density at radius 1 is 1.50 bits per heavy atom. The lowest BCUT2D eigenvalue weighted by atomic mass is 9.95. The quantitative estimate of drug-likeness (QED) is 0.786. The van der Waals surface area contributed by atoms with Crippen LogP contribution in [0.4, 0.5) is 0 Å². The standard InChI is InChI=1S/C13H26N2O/c1-3-13(2)11-15(8-6-14-13)7-4-12-5-9-16-10-12/h12,14H,3-11H2,1-2H3. The molecule has 16 heavy (non-hydrogen) atoms. The smallest absolute Gasteiger partial charge is 0.0495 e. The molecule has 2 atom stereocenters. The molecule has 3 nitrogen and oxygen atoms in total. The van der Waals surface area contributed by atoms with E-state index in [0.717, 1.165) is 25.7 Å². The lowest BCUT2D eigenvalue weighted by molar-refractivity contribution is 0.129. The predicted molar refractivity (Wildman–Crippen MR) is 66.7 cm³/mol. The first-order chi connectivity index (χ1) is 7.72. The molecule has 3 heteroatoms. The zero-order chi connectivity index (χ0) is 11.4. The normalized spacial score (nSPS) is 36.8. The molecule has 0 aromatic carbocycles. The van der Waals surface area contributed by atoms with Crippen molar-refractivity contribution in [3.8, 4) is 0 Å². The molecule has 2 unspecified atom stereocenters. The number of hydrogen-bond acceptors (Lipinski definition) is 3. The highest BCUT2D eigenvalue weighted by Gasteiger charge is 2.28. The van der Waals surface area contributed by atoms with E-state index in [-0.39, 0.29) is 0 Å². The first-order valence-corrected chi connectivity index (χ1v) is 6.77. The lowest BCUT2D eigenvalue weighted by Crippen LogP contribution is -2.58. The summed E-state index contributed by atoms with van der Waals surface area (Å²) in [5, 5.41) is 3.64. The molecule has 0 aromatic rings. The van der Waals surface area contributed by atoms with Crippen LogP contribution in [0.15, 0.2) is 0 Å². The van der Waals surface area contributed by atoms with Crippen LogP contribution in [0.1, 0.15) is 33.1 Å². The van der Waals surface area contributed by atoms with Crippen molar-refractivity contribution in [1.29, 1.82) is 0 Å². The highest BCUT2D eigenvalue weighted by atomic mass is 16.5. The van der Waals surface area contributed by atoms with E-state index in [1.165, 1.54) is 38.9 Å². The first-order valence-electron chi connectivity index (χ1n) is 6.77. The van der Waals surface area contributed by atoms with Crippen molar-refractivity contribution in [2.75, 3.05) is 39.4 Å². The summed E-state index contributed by atoms with van der Waals surface area (Å²) in [6.45, 7) is 11.4. The Bertz CT molecular complexity index is 216. The molecule has 0 aliphatic carbocycles. The molecule has 94 valence electrons. The number of nitrogens with zero attached hydrogens (tertiary/aromatic N) is 1. The molecule has 2 saturated heterocycles. The van der Waals surface area contributed by atoms with Gasteiger partial charge in [0.2, 0.25) is 0 Å². The van der Waals surface area contributed by atoms with Crippen LogP contribution in [0, 0.1) is 5.92 Å². The molecule has 2 rings (SSSR count). The second-order valence-electron chi connectivity index (χ2n) is 5.64. The molecule has 2 fully saturated rings. The van der Waals surface area contributed by atoms with E-state index in [2.05, 4.69) is 24.1 Å². The summed E-state index contributed by atoms with van der Waals surface area (Å²) < 4.78 is 5.43. The second kappa shape index (κ2) is 5.48. The molecule has 2 aliphatic heterocycles. The minimum absolute atomic E-state index is 0.338. The Balaban J connectivity index is 1.72. The summed E-state index contributed by atoms with van der Waals surface area (Å²) in [6.07, 6.45) is 3.81. The summed E-state index contributed by atoms with van der Waals surface area (Å²) in [5.41, 5.74) is 0.338. The monoisotopic (exact) mass is 226 g/mol. The molecule has 0 bridgehead atoms. The SMILES string of the molecule is CCC1(C)CN(CCC2CCOC2)CCN1. The Kier molecular flexibility index (Phi) is 4.22. The van der Waals surface area contributed by atoms with Crippen LogP contribution in [0.25, 0.3) is 0 Å². The zero-order valence-electron chi connectivity index (χ0n) is 10.8. The fraction of sp³-hybridized carbons (Fsp3) is 1.00. The summed E-state index contributed by atoms with van der Waals surface area (Å²) in [4.78, 5) is 2.62. The third-order valence-electron chi connectivity index (χ3n) is 4.21. The Labute approximate surface area is 99.5 Å². The van der Waals surface area contributed by atoms with Crippen molar-refractivity contribution >= 4 is 0 Å². The van der Waals surface area contributed by atoms with Gasteiger partial charge in [0.1, 0.15) is 0 Å². The summed E-state index contributed by atoms with van der Waals surface area (Å²) >= 11 is 0. The maximum atomic E-state index is 5.43. The molecular weight excluding hydrogens is 200 g/mol. The van der Waals surface area contributed by atoms with Crippen LogP contribution in [-0.2, 0) is 4.74 Å². The van der Waals surface area contributed by atoms with E-state index >= 15 is 0 Å². The summed E-state index contributed by atoms with van der Waals surface area (Å²) in [5.74, 6) is 0.822. The maximum Gasteiger partial charge on any atom is 0.0495 e. The number of hydrogen-bond donors (Lipinski definition) is 1. The van der Waals surface area contributed by atoms with Crippen molar-refractivity contribution < 1.29 is 4.74 Å². The molecule has 2 heterocycles. The van der Waals surface area contributed by atoms with Gasteiger partial charge in [0, 0.05) is 38.4 Å². The van der Waals surface area contributed by atoms with E-state index in [1.807, 2.05) is 0 Å². The average Bonchev–Trinajstić information content (AvgIpc) is 2.80. The fourth-order valence-corrected chi connectivity index (χ4v) is 2.75. The molecule has 2 aliphatic rings. The van der Waals surface area contributed by atoms with Crippen molar-refractivity contribution in [1.82, 2.24) is 10.2 Å². The van der Waals surface area contributed by atoms with Crippen LogP contribution in [0.3, 0.4) is 0 Å². The summed E-state index contributed by atoms with van der Waals surface area (Å²) in [6, 6.07) is 0. The van der Waals surface area contributed by atoms with Gasteiger partial charge >= 0.3 is 0 Å². The van der Waals surface area contributed by atoms with Gasteiger partial charge in [-0.25, -0.2) is 0 Å². The van der Waals surface area contributed by atoms with Gasteiger partial charge in [0.25, 0.3) is 0 Å². The van der Waals surface area contributed by atoms with E-state index < -0.39 is 0 Å². The molecular formula is C13H26N2O. The molecule has 0 amide bonds. The van der Waals surface area contributed by atoms with Crippen LogP contribution < -0.4 is 5.32 Å². The average molecular weight is 226 g/mol. The Morgan fingerprint density at radius 2 is 2.38 bits per heavy atom. The van der Waals surface area contributed by atoms with Gasteiger partial charge in [0.05, 0.1) is 0 Å². The molecule has 0 radical (unpaired) electrons. The Hall–Kier alpha value is -0.120. The van der Waals surface area contributed by atoms with Gasteiger partial charge in [-0.15, -0.1) is 0 Å². The van der Waals surface area contributed by atoms with Crippen LogP contribution in [0.2, 0.25) is 0 Å². The van der Waals surface area contributed by atoms with Crippen LogP contribution >= 0.6 is 0 Å². The number of nitrogens with one attached hydrogen (secondary N) is 1. The van der Waals surface area contributed by atoms with Crippen molar-refractivity contribution in [3.63, 3.8) is 0 Å². The maximum absolute atomic E-state index is 5.43. The first kappa shape index (κ1) is 12.3. The lowest BCUT2D eigenvalue weighted by Gasteiger charge is -2.41. The Morgan fingerprint density at radius 3 is 3.06 bits per heavy atom. The van der Waals surface area contributed by atoms with Gasteiger partial charge in [-0.3, -0.25) is 0 Å². The van der Waals surface area contributed by atoms with Gasteiger partial charge in [-0.2, -0.15) is 0 Å². The van der Waals surface area contributed by atoms with Crippen LogP contribution in [0.5, 0.6) is 0 Å². The highest BCUT2D eigenvalue weighted by molar-refractivity contribution is 4.89. The van der Waals surface area contributed by atoms with E-state index in [4.69, 9.17) is 4.74 Å². The van der Waals surface area contributed by atoms with Gasteiger partial charge in [-0.1, -0.05) is 6.92 Å². The van der Waals surface area contributed by atoms with Gasteiger partial charge in [0.15, 0.2) is 0 Å². The third kappa shape index (κ3) is 3.19. The number of piperazine rings is 1. The molecule has 1 N–H and O–H groups in total. The topological polar surface area (TPSA) is 24.5 Å². The van der Waals surface area contributed by atoms with Gasteiger partial charge < -0.3 is 15.0 Å². The molecule has 0 spiro atoms. The van der Waals surface area contributed by atoms with Gasteiger partial charge in [-0.05, 0) is 38.6 Å². The third-order valence-corrected chi connectivity index (χ3v) is 4.21. The predicted octanol–water partition coefficient (Wildman–Crippen LogP) is 1.49. The highest BCUT2D eigenvalue weighted by Crippen LogP contribution is 2.19. The van der Waals surface area contributed by atoms with Crippen molar-refractivity contribution in [2.24, 2.45) is 5.92 Å². The zero-order valence-corrected chi connectivity index (χ0v) is 10.8. The summed E-state index contributed by atoms with van der Waals surface area (Å²) in [7, 11) is 0. The number of rotatable bonds is 4. The minimum Gasteiger partial charge on any atom is -0.381 e. The number of ether oxygens (including phenoxy) is 1. The molecule has 0 saturated carbocycles. The van der Waals surface area contributed by atoms with E-state index in [9.17, 15) is 0 Å². The largest absolute Gasteiger partial charge is 0.381 e. The minimum atomic E-state index is 0.338. The van der Waals surface area contributed by atoms with Crippen LogP contribution in [-0.4, -0.2) is 49.8 Å². The van der Waals surface area contributed by atoms with Crippen molar-refractivity contribution in [3.05, 3.63) is 0 Å². The second-order valence-corrected chi connectivity index (χ2v) is 5.64. The molecule has 0 aromatic heterocycles. The van der Waals surface area contributed by atoms with E-state index in [1.54, 1.807) is 0 Å². The van der Waals surface area contributed by atoms with Crippen molar-refractivity contribution in [2.45, 2.75) is 38.6 Å². The fourth-order valence-electron chi connectivity index (χ4n) is 2.75.